The van der Waals surface area contributed by atoms with E-state index in [1.165, 1.54) is 10.5 Å². The molecule has 0 fully saturated rings. The van der Waals surface area contributed by atoms with Crippen molar-refractivity contribution < 1.29 is 4.79 Å². The van der Waals surface area contributed by atoms with Gasteiger partial charge in [-0.3, -0.25) is 4.79 Å². The Labute approximate surface area is 110 Å². The number of carbonyl (C=O) groups excluding carboxylic acids is 1. The smallest absolute Gasteiger partial charge is 0.236 e. The molecule has 0 radical (unpaired) electrons. The number of carbonyl (C=O) groups is 1. The Balaban J connectivity index is 2.03. The van der Waals surface area contributed by atoms with Crippen LogP contribution in [-0.2, 0) is 11.2 Å². The summed E-state index contributed by atoms with van der Waals surface area (Å²) in [4.78, 5) is 15.3. The van der Waals surface area contributed by atoms with E-state index in [4.69, 9.17) is 18.0 Å². The summed E-state index contributed by atoms with van der Waals surface area (Å²) in [6.45, 7) is 0.349. The molecule has 0 saturated heterocycles. The lowest BCUT2D eigenvalue weighted by Crippen LogP contribution is -2.39. The molecule has 90 valence electrons. The molecule has 0 saturated carbocycles. The summed E-state index contributed by atoms with van der Waals surface area (Å²) in [7, 11) is 1.74. The van der Waals surface area contributed by atoms with Crippen LogP contribution in [0.15, 0.2) is 29.2 Å². The Morgan fingerprint density at radius 2 is 2.29 bits per heavy atom. The molecule has 0 aliphatic carbocycles. The molecule has 1 aromatic rings. The fraction of sp³-hybridized carbons (Fsp3) is 0.333. The second kappa shape index (κ2) is 5.06. The first-order valence-corrected chi connectivity index (χ1v) is 6.64. The van der Waals surface area contributed by atoms with Gasteiger partial charge in [0.15, 0.2) is 0 Å². The molecule has 17 heavy (non-hydrogen) atoms. The lowest BCUT2D eigenvalue weighted by Gasteiger charge is -2.19. The maximum atomic E-state index is 12.1. The van der Waals surface area contributed by atoms with E-state index in [1.807, 2.05) is 12.1 Å². The van der Waals surface area contributed by atoms with E-state index >= 15 is 0 Å². The first-order chi connectivity index (χ1) is 8.08. The van der Waals surface area contributed by atoms with Gasteiger partial charge in [-0.2, -0.15) is 0 Å². The first kappa shape index (κ1) is 12.4. The zero-order chi connectivity index (χ0) is 12.4. The minimum Gasteiger partial charge on any atom is -0.392 e. The van der Waals surface area contributed by atoms with Crippen molar-refractivity contribution in [3.63, 3.8) is 0 Å². The van der Waals surface area contributed by atoms with E-state index in [2.05, 4.69) is 12.1 Å². The first-order valence-electron chi connectivity index (χ1n) is 5.36. The predicted molar refractivity (Wildman–Crippen MR) is 74.2 cm³/mol. The Hall–Kier alpha value is -1.07. The van der Waals surface area contributed by atoms with Crippen molar-refractivity contribution in [2.24, 2.45) is 5.73 Å². The summed E-state index contributed by atoms with van der Waals surface area (Å²) < 4.78 is 0. The molecule has 1 aromatic carbocycles. The largest absolute Gasteiger partial charge is 0.392 e. The molecule has 2 N–H and O–H groups in total. The lowest BCUT2D eigenvalue weighted by molar-refractivity contribution is -0.128. The van der Waals surface area contributed by atoms with Gasteiger partial charge in [-0.25, -0.2) is 0 Å². The Bertz CT molecular complexity index is 437. The minimum atomic E-state index is -0.0354. The van der Waals surface area contributed by atoms with Crippen molar-refractivity contribution in [3.8, 4) is 0 Å². The average Bonchev–Trinajstić information content (AvgIpc) is 2.70. The Morgan fingerprint density at radius 1 is 1.59 bits per heavy atom. The van der Waals surface area contributed by atoms with E-state index in [-0.39, 0.29) is 11.2 Å². The van der Waals surface area contributed by atoms with E-state index in [9.17, 15) is 4.79 Å². The van der Waals surface area contributed by atoms with Gasteiger partial charge in [-0.15, -0.1) is 11.8 Å². The van der Waals surface area contributed by atoms with Gasteiger partial charge in [-0.05, 0) is 18.1 Å². The number of fused-ring (bicyclic) bond motifs is 1. The predicted octanol–water partition coefficient (Wildman–Crippen LogP) is 1.45. The molecular weight excluding hydrogens is 252 g/mol. The highest BCUT2D eigenvalue weighted by Gasteiger charge is 2.29. The van der Waals surface area contributed by atoms with Crippen LogP contribution in [0, 0.1) is 0 Å². The van der Waals surface area contributed by atoms with E-state index in [0.29, 0.717) is 11.5 Å². The fourth-order valence-corrected chi connectivity index (χ4v) is 3.38. The standard InChI is InChI=1S/C12H14N2OS2/c1-14(7-11(13)16)12(15)10-6-8-4-2-3-5-9(8)17-10/h2-5,10H,6-7H2,1H3,(H2,13,16). The van der Waals surface area contributed by atoms with Crippen molar-refractivity contribution in [1.82, 2.24) is 4.90 Å². The van der Waals surface area contributed by atoms with Gasteiger partial charge in [0.1, 0.15) is 0 Å². The summed E-state index contributed by atoms with van der Waals surface area (Å²) in [5.74, 6) is 0.0963. The van der Waals surface area contributed by atoms with Crippen molar-refractivity contribution in [3.05, 3.63) is 29.8 Å². The van der Waals surface area contributed by atoms with Crippen LogP contribution in [0.3, 0.4) is 0 Å². The molecule has 2 rings (SSSR count). The number of nitrogens with zero attached hydrogens (tertiary/aromatic N) is 1. The molecule has 1 aliphatic rings. The van der Waals surface area contributed by atoms with Crippen LogP contribution in [0.5, 0.6) is 0 Å². The van der Waals surface area contributed by atoms with Crippen LogP contribution in [-0.4, -0.2) is 34.6 Å². The quantitative estimate of drug-likeness (QED) is 0.841. The fourth-order valence-electron chi connectivity index (χ4n) is 1.88. The van der Waals surface area contributed by atoms with Crippen LogP contribution < -0.4 is 5.73 Å². The molecule has 0 spiro atoms. The number of likely N-dealkylation sites (N-methyl/N-ethyl adjacent to an activating group) is 1. The van der Waals surface area contributed by atoms with Crippen molar-refractivity contribution in [1.29, 1.82) is 0 Å². The Kier molecular flexibility index (Phi) is 3.69. The molecule has 0 aromatic heterocycles. The summed E-state index contributed by atoms with van der Waals surface area (Å²) in [6, 6.07) is 8.13. The molecule has 5 heteroatoms. The van der Waals surface area contributed by atoms with Crippen LogP contribution in [0.25, 0.3) is 0 Å². The minimum absolute atomic E-state index is 0.0354. The topological polar surface area (TPSA) is 46.3 Å². The molecule has 0 bridgehead atoms. The van der Waals surface area contributed by atoms with Crippen LogP contribution in [0.1, 0.15) is 5.56 Å². The zero-order valence-corrected chi connectivity index (χ0v) is 11.2. The van der Waals surface area contributed by atoms with Gasteiger partial charge >= 0.3 is 0 Å². The zero-order valence-electron chi connectivity index (χ0n) is 9.55. The van der Waals surface area contributed by atoms with E-state index < -0.39 is 0 Å². The highest BCUT2D eigenvalue weighted by Crippen LogP contribution is 2.37. The third kappa shape index (κ3) is 2.79. The van der Waals surface area contributed by atoms with Gasteiger partial charge in [0.05, 0.1) is 16.8 Å². The molecule has 1 aliphatic heterocycles. The second-order valence-corrected chi connectivity index (χ2v) is 5.85. The third-order valence-electron chi connectivity index (χ3n) is 2.69. The highest BCUT2D eigenvalue weighted by molar-refractivity contribution is 8.01. The Morgan fingerprint density at radius 3 is 2.94 bits per heavy atom. The maximum Gasteiger partial charge on any atom is 0.236 e. The number of nitrogens with two attached hydrogens (primary N) is 1. The number of amides is 1. The summed E-state index contributed by atoms with van der Waals surface area (Å²) in [6.07, 6.45) is 0.793. The summed E-state index contributed by atoms with van der Waals surface area (Å²) in [5, 5.41) is -0.0354. The van der Waals surface area contributed by atoms with Crippen LogP contribution in [0.2, 0.25) is 0 Å². The van der Waals surface area contributed by atoms with Crippen LogP contribution in [0.4, 0.5) is 0 Å². The molecule has 1 amide bonds. The van der Waals surface area contributed by atoms with Crippen LogP contribution >= 0.6 is 24.0 Å². The average molecular weight is 266 g/mol. The molecule has 1 atom stereocenters. The SMILES string of the molecule is CN(CC(N)=S)C(=O)C1Cc2ccccc2S1. The second-order valence-electron chi connectivity index (χ2n) is 4.08. The van der Waals surface area contributed by atoms with E-state index in [0.717, 1.165) is 6.42 Å². The van der Waals surface area contributed by atoms with Gasteiger partial charge in [-0.1, -0.05) is 30.4 Å². The van der Waals surface area contributed by atoms with E-state index in [1.54, 1.807) is 23.7 Å². The van der Waals surface area contributed by atoms with Gasteiger partial charge in [0.25, 0.3) is 0 Å². The molecular formula is C12H14N2OS2. The van der Waals surface area contributed by atoms with Crippen molar-refractivity contribution in [2.75, 3.05) is 13.6 Å². The van der Waals surface area contributed by atoms with Crippen molar-refractivity contribution >= 4 is 34.9 Å². The van der Waals surface area contributed by atoms with Gasteiger partial charge in [0.2, 0.25) is 5.91 Å². The third-order valence-corrected chi connectivity index (χ3v) is 4.13. The number of rotatable bonds is 3. The van der Waals surface area contributed by atoms with Gasteiger partial charge in [0, 0.05) is 11.9 Å². The maximum absolute atomic E-state index is 12.1. The highest BCUT2D eigenvalue weighted by atomic mass is 32.2. The number of thiocarbonyl (C=S) groups is 1. The normalized spacial score (nSPS) is 17.6. The number of hydrogen-bond acceptors (Lipinski definition) is 3. The summed E-state index contributed by atoms with van der Waals surface area (Å²) in [5.41, 5.74) is 6.69. The molecule has 3 nitrogen and oxygen atoms in total. The van der Waals surface area contributed by atoms with Crippen molar-refractivity contribution in [2.45, 2.75) is 16.6 Å². The molecule has 1 heterocycles. The summed E-state index contributed by atoms with van der Waals surface area (Å²) >= 11 is 6.44. The lowest BCUT2D eigenvalue weighted by atomic mass is 10.1. The monoisotopic (exact) mass is 266 g/mol. The van der Waals surface area contributed by atoms with Gasteiger partial charge < -0.3 is 10.6 Å². The number of thioether (sulfide) groups is 1. The number of hydrogen-bond donors (Lipinski definition) is 1. The number of benzene rings is 1. The molecule has 1 unspecified atom stereocenters.